The average Bonchev–Trinajstić information content (AvgIpc) is 2.46. The third-order valence-electron chi connectivity index (χ3n) is 4.00. The monoisotopic (exact) mass is 375 g/mol. The topological polar surface area (TPSA) is 66.6 Å². The van der Waals surface area contributed by atoms with Crippen molar-refractivity contribution in [1.82, 2.24) is 9.21 Å². The summed E-state index contributed by atoms with van der Waals surface area (Å²) in [4.78, 5) is 2.48. The summed E-state index contributed by atoms with van der Waals surface area (Å²) >= 11 is 3.36. The van der Waals surface area contributed by atoms with E-state index in [9.17, 15) is 8.42 Å². The van der Waals surface area contributed by atoms with E-state index in [-0.39, 0.29) is 0 Å². The Morgan fingerprint density at radius 1 is 1.33 bits per heavy atom. The van der Waals surface area contributed by atoms with Gasteiger partial charge in [-0.1, -0.05) is 6.07 Å². The maximum atomic E-state index is 12.7. The van der Waals surface area contributed by atoms with E-state index in [0.717, 1.165) is 18.4 Å². The lowest BCUT2D eigenvalue weighted by Gasteiger charge is -2.34. The first kappa shape index (κ1) is 16.9. The first-order chi connectivity index (χ1) is 9.86. The van der Waals surface area contributed by atoms with Crippen LogP contribution < -0.4 is 5.73 Å². The number of hydrogen-bond acceptors (Lipinski definition) is 4. The second kappa shape index (κ2) is 6.75. The lowest BCUT2D eigenvalue weighted by molar-refractivity contribution is 0.196. The Bertz CT molecular complexity index is 596. The van der Waals surface area contributed by atoms with Crippen molar-refractivity contribution in [3.63, 3.8) is 0 Å². The minimum atomic E-state index is -3.44. The minimum absolute atomic E-state index is 0.322. The fraction of sp³-hybridized carbons (Fsp3) is 0.571. The highest BCUT2D eigenvalue weighted by atomic mass is 79.9. The van der Waals surface area contributed by atoms with Crippen molar-refractivity contribution in [1.29, 1.82) is 0 Å². The van der Waals surface area contributed by atoms with Crippen LogP contribution in [-0.4, -0.2) is 50.8 Å². The smallest absolute Gasteiger partial charge is 0.244 e. The molecule has 0 radical (unpaired) electrons. The summed E-state index contributed by atoms with van der Waals surface area (Å²) in [7, 11) is 0.638. The lowest BCUT2D eigenvalue weighted by atomic mass is 10.1. The highest BCUT2D eigenvalue weighted by molar-refractivity contribution is 9.10. The zero-order chi connectivity index (χ0) is 15.6. The summed E-state index contributed by atoms with van der Waals surface area (Å²) in [5, 5.41) is 0. The van der Waals surface area contributed by atoms with Gasteiger partial charge in [0, 0.05) is 30.1 Å². The molecule has 5 nitrogen and oxygen atoms in total. The Labute approximate surface area is 135 Å². The Balaban J connectivity index is 2.19. The quantitative estimate of drug-likeness (QED) is 0.867. The van der Waals surface area contributed by atoms with Crippen LogP contribution in [-0.2, 0) is 16.6 Å². The number of benzene rings is 1. The third kappa shape index (κ3) is 3.65. The van der Waals surface area contributed by atoms with Crippen molar-refractivity contribution in [2.45, 2.75) is 30.3 Å². The van der Waals surface area contributed by atoms with Gasteiger partial charge in [-0.25, -0.2) is 8.42 Å². The Morgan fingerprint density at radius 3 is 2.43 bits per heavy atom. The van der Waals surface area contributed by atoms with Crippen molar-refractivity contribution >= 4 is 26.0 Å². The van der Waals surface area contributed by atoms with E-state index in [1.54, 1.807) is 22.5 Å². The second-order valence-electron chi connectivity index (χ2n) is 5.57. The van der Waals surface area contributed by atoms with Crippen LogP contribution in [0.2, 0.25) is 0 Å². The van der Waals surface area contributed by atoms with Crippen LogP contribution in [0.3, 0.4) is 0 Å². The molecule has 1 fully saturated rings. The molecule has 0 amide bonds. The molecular formula is C14H22BrN3O2S. The van der Waals surface area contributed by atoms with Crippen LogP contribution in [0.15, 0.2) is 27.6 Å². The van der Waals surface area contributed by atoms with E-state index in [0.29, 0.717) is 35.0 Å². The lowest BCUT2D eigenvalue weighted by Crippen LogP contribution is -2.44. The van der Waals surface area contributed by atoms with Gasteiger partial charge in [-0.05, 0) is 60.6 Å². The van der Waals surface area contributed by atoms with Crippen molar-refractivity contribution in [3.05, 3.63) is 28.2 Å². The molecule has 1 saturated heterocycles. The number of nitrogens with two attached hydrogens (primary N) is 1. The molecule has 2 N–H and O–H groups in total. The van der Waals surface area contributed by atoms with Crippen molar-refractivity contribution in [2.24, 2.45) is 5.73 Å². The summed E-state index contributed by atoms with van der Waals surface area (Å²) < 4.78 is 27.6. The molecule has 1 aliphatic rings. The molecule has 0 spiro atoms. The van der Waals surface area contributed by atoms with Crippen LogP contribution in [0.25, 0.3) is 0 Å². The van der Waals surface area contributed by atoms with Crippen LogP contribution in [0, 0.1) is 0 Å². The molecule has 21 heavy (non-hydrogen) atoms. The van der Waals surface area contributed by atoms with Gasteiger partial charge in [-0.3, -0.25) is 0 Å². The molecule has 1 heterocycles. The van der Waals surface area contributed by atoms with E-state index in [4.69, 9.17) is 5.73 Å². The van der Waals surface area contributed by atoms with E-state index in [1.807, 2.05) is 14.1 Å². The fourth-order valence-corrected chi connectivity index (χ4v) is 5.17. The Hall–Kier alpha value is -0.470. The Kier molecular flexibility index (Phi) is 5.43. The molecule has 0 aromatic heterocycles. The molecule has 7 heteroatoms. The molecule has 1 aliphatic heterocycles. The average molecular weight is 376 g/mol. The number of piperidine rings is 1. The summed E-state index contributed by atoms with van der Waals surface area (Å²) in [6.45, 7) is 1.53. The summed E-state index contributed by atoms with van der Waals surface area (Å²) in [6, 6.07) is 5.64. The van der Waals surface area contributed by atoms with E-state index in [1.165, 1.54) is 0 Å². The maximum absolute atomic E-state index is 12.7. The molecule has 1 aromatic carbocycles. The van der Waals surface area contributed by atoms with Gasteiger partial charge in [0.2, 0.25) is 10.0 Å². The van der Waals surface area contributed by atoms with E-state index >= 15 is 0 Å². The molecule has 0 saturated carbocycles. The second-order valence-corrected chi connectivity index (χ2v) is 8.33. The maximum Gasteiger partial charge on any atom is 0.244 e. The zero-order valence-corrected chi connectivity index (χ0v) is 14.8. The van der Waals surface area contributed by atoms with Gasteiger partial charge in [0.1, 0.15) is 0 Å². The first-order valence-electron chi connectivity index (χ1n) is 7.01. The standard InChI is InChI=1S/C14H22BrN3O2S/c1-17(2)12-5-7-18(8-6-12)21(19,20)14-4-3-11(10-16)9-13(14)15/h3-4,9,12H,5-8,10,16H2,1-2H3. The van der Waals surface area contributed by atoms with E-state index < -0.39 is 10.0 Å². The molecule has 0 unspecified atom stereocenters. The number of nitrogens with zero attached hydrogens (tertiary/aromatic N) is 2. The van der Waals surface area contributed by atoms with Crippen LogP contribution in [0.1, 0.15) is 18.4 Å². The normalized spacial score (nSPS) is 18.3. The van der Waals surface area contributed by atoms with Gasteiger partial charge >= 0.3 is 0 Å². The van der Waals surface area contributed by atoms with Crippen molar-refractivity contribution in [3.8, 4) is 0 Å². The zero-order valence-electron chi connectivity index (χ0n) is 12.4. The molecular weight excluding hydrogens is 354 g/mol. The van der Waals surface area contributed by atoms with Crippen LogP contribution in [0.4, 0.5) is 0 Å². The number of sulfonamides is 1. The molecule has 0 bridgehead atoms. The van der Waals surface area contributed by atoms with Gasteiger partial charge in [-0.2, -0.15) is 4.31 Å². The number of halogens is 1. The van der Waals surface area contributed by atoms with Crippen molar-refractivity contribution in [2.75, 3.05) is 27.2 Å². The molecule has 0 aliphatic carbocycles. The SMILES string of the molecule is CN(C)C1CCN(S(=O)(=O)c2ccc(CN)cc2Br)CC1. The highest BCUT2D eigenvalue weighted by Gasteiger charge is 2.31. The predicted octanol–water partition coefficient (Wildman–Crippen LogP) is 1.62. The molecule has 1 aromatic rings. The molecule has 2 rings (SSSR count). The van der Waals surface area contributed by atoms with Gasteiger partial charge in [0.05, 0.1) is 4.90 Å². The third-order valence-corrected chi connectivity index (χ3v) is 6.88. The van der Waals surface area contributed by atoms with Crippen LogP contribution >= 0.6 is 15.9 Å². The number of hydrogen-bond donors (Lipinski definition) is 1. The van der Waals surface area contributed by atoms with Gasteiger partial charge in [0.15, 0.2) is 0 Å². The summed E-state index contributed by atoms with van der Waals surface area (Å²) in [5.74, 6) is 0. The minimum Gasteiger partial charge on any atom is -0.326 e. The van der Waals surface area contributed by atoms with Crippen LogP contribution in [0.5, 0.6) is 0 Å². The summed E-state index contributed by atoms with van der Waals surface area (Å²) in [5.41, 5.74) is 6.49. The number of rotatable bonds is 4. The fourth-order valence-electron chi connectivity index (χ4n) is 2.62. The Morgan fingerprint density at radius 2 is 1.95 bits per heavy atom. The van der Waals surface area contributed by atoms with Crippen molar-refractivity contribution < 1.29 is 8.42 Å². The predicted molar refractivity (Wildman–Crippen MR) is 87.5 cm³/mol. The van der Waals surface area contributed by atoms with E-state index in [2.05, 4.69) is 20.8 Å². The van der Waals surface area contributed by atoms with Gasteiger partial charge in [-0.15, -0.1) is 0 Å². The molecule has 118 valence electrons. The highest BCUT2D eigenvalue weighted by Crippen LogP contribution is 2.28. The largest absolute Gasteiger partial charge is 0.326 e. The molecule has 0 atom stereocenters. The van der Waals surface area contributed by atoms with Gasteiger partial charge in [0.25, 0.3) is 0 Å². The summed E-state index contributed by atoms with van der Waals surface area (Å²) in [6.07, 6.45) is 1.73. The van der Waals surface area contributed by atoms with Gasteiger partial charge < -0.3 is 10.6 Å². The first-order valence-corrected chi connectivity index (χ1v) is 9.24.